The van der Waals surface area contributed by atoms with E-state index in [1.807, 2.05) is 42.5 Å². The van der Waals surface area contributed by atoms with Gasteiger partial charge in [-0.05, 0) is 28.7 Å². The number of carboxylic acids is 1. The lowest BCUT2D eigenvalue weighted by atomic mass is 9.97. The third-order valence-electron chi connectivity index (χ3n) is 4.13. The zero-order valence-electron chi connectivity index (χ0n) is 15.5. The average molecular weight is 391 g/mol. The first-order valence-corrected chi connectivity index (χ1v) is 10.7. The molecule has 146 valence electrons. The van der Waals surface area contributed by atoms with E-state index < -0.39 is 33.4 Å². The molecular formula is C20H25NO5S. The molecule has 2 N–H and O–H groups in total. The first kappa shape index (κ1) is 20.9. The molecule has 0 aliphatic rings. The second-order valence-corrected chi connectivity index (χ2v) is 9.28. The molecule has 2 aromatic rings. The van der Waals surface area contributed by atoms with Crippen molar-refractivity contribution in [2.45, 2.75) is 20.3 Å². The van der Waals surface area contributed by atoms with Gasteiger partial charge in [0.2, 0.25) is 5.91 Å². The predicted molar refractivity (Wildman–Crippen MR) is 105 cm³/mol. The normalized spacial score (nSPS) is 12.9. The van der Waals surface area contributed by atoms with Crippen molar-refractivity contribution in [3.63, 3.8) is 0 Å². The molecule has 0 spiro atoms. The minimum Gasteiger partial charge on any atom is -0.481 e. The summed E-state index contributed by atoms with van der Waals surface area (Å²) in [6.07, 6.45) is 0.249. The van der Waals surface area contributed by atoms with Gasteiger partial charge in [-0.1, -0.05) is 56.3 Å². The minimum atomic E-state index is -3.49. The Kier molecular flexibility index (Phi) is 6.96. The highest BCUT2D eigenvalue weighted by Crippen LogP contribution is 2.18. The van der Waals surface area contributed by atoms with Gasteiger partial charge in [0.15, 0.2) is 9.84 Å². The van der Waals surface area contributed by atoms with Gasteiger partial charge < -0.3 is 10.4 Å². The van der Waals surface area contributed by atoms with Gasteiger partial charge in [-0.2, -0.15) is 0 Å². The van der Waals surface area contributed by atoms with Crippen molar-refractivity contribution in [1.29, 1.82) is 0 Å². The second kappa shape index (κ2) is 8.99. The Morgan fingerprint density at radius 2 is 1.74 bits per heavy atom. The SMILES string of the molecule is CC(C)CS(=O)(=O)CC(=O)NCC(Cc1ccc2ccccc2c1)C(=O)O. The van der Waals surface area contributed by atoms with E-state index in [1.165, 1.54) is 0 Å². The summed E-state index contributed by atoms with van der Waals surface area (Å²) in [6, 6.07) is 13.5. The highest BCUT2D eigenvalue weighted by Gasteiger charge is 2.22. The monoisotopic (exact) mass is 391 g/mol. The zero-order chi connectivity index (χ0) is 20.0. The molecule has 0 aromatic heterocycles. The number of rotatable bonds is 9. The predicted octanol–water partition coefficient (Wildman–Crippen LogP) is 2.27. The summed E-state index contributed by atoms with van der Waals surface area (Å²) < 4.78 is 23.7. The van der Waals surface area contributed by atoms with Crippen molar-refractivity contribution in [3.05, 3.63) is 48.0 Å². The number of benzene rings is 2. The largest absolute Gasteiger partial charge is 0.481 e. The highest BCUT2D eigenvalue weighted by molar-refractivity contribution is 7.92. The van der Waals surface area contributed by atoms with Crippen LogP contribution in [0.5, 0.6) is 0 Å². The van der Waals surface area contributed by atoms with Gasteiger partial charge in [0, 0.05) is 6.54 Å². The number of nitrogens with one attached hydrogen (secondary N) is 1. The first-order chi connectivity index (χ1) is 12.7. The van der Waals surface area contributed by atoms with E-state index in [-0.39, 0.29) is 24.6 Å². The fourth-order valence-electron chi connectivity index (χ4n) is 2.95. The van der Waals surface area contributed by atoms with Crippen LogP contribution in [-0.4, -0.2) is 43.5 Å². The van der Waals surface area contributed by atoms with E-state index in [1.54, 1.807) is 13.8 Å². The van der Waals surface area contributed by atoms with Crippen molar-refractivity contribution in [2.24, 2.45) is 11.8 Å². The van der Waals surface area contributed by atoms with Gasteiger partial charge in [-0.15, -0.1) is 0 Å². The molecule has 0 saturated heterocycles. The number of hydrogen-bond acceptors (Lipinski definition) is 4. The molecule has 1 atom stereocenters. The Bertz CT molecular complexity index is 921. The van der Waals surface area contributed by atoms with Crippen LogP contribution in [0.15, 0.2) is 42.5 Å². The van der Waals surface area contributed by atoms with Gasteiger partial charge >= 0.3 is 5.97 Å². The minimum absolute atomic E-state index is 0.0672. The van der Waals surface area contributed by atoms with Crippen LogP contribution >= 0.6 is 0 Å². The molecule has 27 heavy (non-hydrogen) atoms. The van der Waals surface area contributed by atoms with E-state index in [9.17, 15) is 23.1 Å². The van der Waals surface area contributed by atoms with Crippen LogP contribution in [0.1, 0.15) is 19.4 Å². The van der Waals surface area contributed by atoms with Crippen LogP contribution in [0.3, 0.4) is 0 Å². The molecule has 0 heterocycles. The smallest absolute Gasteiger partial charge is 0.308 e. The standard InChI is InChI=1S/C20H25NO5S/c1-14(2)12-27(25,26)13-19(22)21-11-18(20(23)24)10-15-7-8-16-5-3-4-6-17(16)9-15/h3-9,14,18H,10-13H2,1-2H3,(H,21,22)(H,23,24). The summed E-state index contributed by atoms with van der Waals surface area (Å²) in [7, 11) is -3.49. The van der Waals surface area contributed by atoms with E-state index in [2.05, 4.69) is 5.32 Å². The van der Waals surface area contributed by atoms with Crippen molar-refractivity contribution in [3.8, 4) is 0 Å². The number of carbonyl (C=O) groups is 2. The van der Waals surface area contributed by atoms with Crippen molar-refractivity contribution >= 4 is 32.5 Å². The van der Waals surface area contributed by atoms with E-state index >= 15 is 0 Å². The molecule has 1 amide bonds. The van der Waals surface area contributed by atoms with Gasteiger partial charge in [-0.3, -0.25) is 9.59 Å². The topological polar surface area (TPSA) is 101 Å². The van der Waals surface area contributed by atoms with E-state index in [4.69, 9.17) is 0 Å². The number of carboxylic acid groups (broad SMARTS) is 1. The summed E-state index contributed by atoms with van der Waals surface area (Å²) in [6.45, 7) is 3.41. The highest BCUT2D eigenvalue weighted by atomic mass is 32.2. The Labute approximate surface area is 159 Å². The Morgan fingerprint density at radius 3 is 2.37 bits per heavy atom. The lowest BCUT2D eigenvalue weighted by molar-refractivity contribution is -0.141. The van der Waals surface area contributed by atoms with E-state index in [0.29, 0.717) is 0 Å². The molecule has 7 heteroatoms. The molecule has 1 unspecified atom stereocenters. The molecule has 0 aliphatic heterocycles. The molecule has 0 bridgehead atoms. The van der Waals surface area contributed by atoms with E-state index in [0.717, 1.165) is 16.3 Å². The van der Waals surface area contributed by atoms with Crippen LogP contribution in [-0.2, 0) is 25.8 Å². The van der Waals surface area contributed by atoms with Crippen molar-refractivity contribution < 1.29 is 23.1 Å². The van der Waals surface area contributed by atoms with Crippen molar-refractivity contribution in [1.82, 2.24) is 5.32 Å². The summed E-state index contributed by atoms with van der Waals surface area (Å²) in [5, 5.41) is 14.0. The summed E-state index contributed by atoms with van der Waals surface area (Å²) in [5.41, 5.74) is 0.850. The number of hydrogen-bond donors (Lipinski definition) is 2. The molecule has 0 fully saturated rings. The maximum atomic E-state index is 11.9. The maximum absolute atomic E-state index is 11.9. The molecule has 2 aromatic carbocycles. The van der Waals surface area contributed by atoms with Crippen LogP contribution in [0, 0.1) is 11.8 Å². The van der Waals surface area contributed by atoms with Gasteiger partial charge in [-0.25, -0.2) is 8.42 Å². The summed E-state index contributed by atoms with van der Waals surface area (Å²) in [4.78, 5) is 23.5. The maximum Gasteiger partial charge on any atom is 0.308 e. The quantitative estimate of drug-likeness (QED) is 0.683. The van der Waals surface area contributed by atoms with Crippen LogP contribution in [0.2, 0.25) is 0 Å². The lowest BCUT2D eigenvalue weighted by Gasteiger charge is -2.14. The Hall–Kier alpha value is -2.41. The number of aliphatic carboxylic acids is 1. The average Bonchev–Trinajstić information content (AvgIpc) is 2.56. The Morgan fingerprint density at radius 1 is 1.07 bits per heavy atom. The number of sulfone groups is 1. The van der Waals surface area contributed by atoms with Crippen LogP contribution < -0.4 is 5.32 Å². The van der Waals surface area contributed by atoms with Gasteiger partial charge in [0.1, 0.15) is 5.75 Å². The molecule has 0 aliphatic carbocycles. The Balaban J connectivity index is 1.98. The molecule has 0 radical (unpaired) electrons. The molecule has 2 rings (SSSR count). The molecule has 0 saturated carbocycles. The molecule has 6 nitrogen and oxygen atoms in total. The van der Waals surface area contributed by atoms with Crippen LogP contribution in [0.4, 0.5) is 0 Å². The van der Waals surface area contributed by atoms with Crippen molar-refractivity contribution in [2.75, 3.05) is 18.1 Å². The van der Waals surface area contributed by atoms with Crippen LogP contribution in [0.25, 0.3) is 10.8 Å². The zero-order valence-corrected chi connectivity index (χ0v) is 16.3. The van der Waals surface area contributed by atoms with Gasteiger partial charge in [0.25, 0.3) is 0 Å². The fourth-order valence-corrected chi connectivity index (χ4v) is 4.59. The number of amides is 1. The second-order valence-electron chi connectivity index (χ2n) is 7.17. The third-order valence-corrected chi connectivity index (χ3v) is 6.01. The first-order valence-electron chi connectivity index (χ1n) is 8.84. The summed E-state index contributed by atoms with van der Waals surface area (Å²) in [5.74, 6) is -3.29. The summed E-state index contributed by atoms with van der Waals surface area (Å²) >= 11 is 0. The van der Waals surface area contributed by atoms with Gasteiger partial charge in [0.05, 0.1) is 11.7 Å². The number of fused-ring (bicyclic) bond motifs is 1. The fraction of sp³-hybridized carbons (Fsp3) is 0.400. The number of carbonyl (C=O) groups excluding carboxylic acids is 1. The lowest BCUT2D eigenvalue weighted by Crippen LogP contribution is -2.38. The third kappa shape index (κ3) is 6.67. The molecular weight excluding hydrogens is 366 g/mol.